The van der Waals surface area contributed by atoms with Crippen LogP contribution in [0.1, 0.15) is 38.3 Å². The summed E-state index contributed by atoms with van der Waals surface area (Å²) in [4.78, 5) is 2.37. The number of hydrogen-bond acceptors (Lipinski definition) is 2. The second-order valence-electron chi connectivity index (χ2n) is 4.92. The van der Waals surface area contributed by atoms with Crippen LogP contribution in [0.2, 0.25) is 0 Å². The highest BCUT2D eigenvalue weighted by molar-refractivity contribution is 5.19. The van der Waals surface area contributed by atoms with E-state index in [9.17, 15) is 4.39 Å². The number of hydrogen-bond donors (Lipinski definition) is 1. The van der Waals surface area contributed by atoms with Crippen molar-refractivity contribution in [2.45, 2.75) is 38.8 Å². The average molecular weight is 252 g/mol. The molecule has 1 rings (SSSR count). The Morgan fingerprint density at radius 3 is 2.39 bits per heavy atom. The molecule has 2 unspecified atom stereocenters. The third-order valence-electron chi connectivity index (χ3n) is 3.73. The topological polar surface area (TPSA) is 15.3 Å². The molecule has 102 valence electrons. The standard InChI is InChI=1S/C15H25FN2/c1-5-12(2)18(4)11-10-15(17-3)13-6-8-14(16)9-7-13/h6-9,12,15,17H,5,10-11H2,1-4H3. The van der Waals surface area contributed by atoms with E-state index >= 15 is 0 Å². The number of benzene rings is 1. The Balaban J connectivity index is 2.54. The van der Waals surface area contributed by atoms with Crippen molar-refractivity contribution in [1.29, 1.82) is 0 Å². The first-order valence-electron chi connectivity index (χ1n) is 6.71. The Kier molecular flexibility index (Phi) is 6.30. The van der Waals surface area contributed by atoms with Gasteiger partial charge in [-0.2, -0.15) is 0 Å². The minimum absolute atomic E-state index is 0.176. The van der Waals surface area contributed by atoms with Gasteiger partial charge in [0.1, 0.15) is 5.82 Å². The van der Waals surface area contributed by atoms with Crippen LogP contribution in [0.15, 0.2) is 24.3 Å². The zero-order valence-electron chi connectivity index (χ0n) is 11.9. The van der Waals surface area contributed by atoms with Crippen LogP contribution in [0, 0.1) is 5.82 Å². The Morgan fingerprint density at radius 2 is 1.89 bits per heavy atom. The lowest BCUT2D eigenvalue weighted by atomic mass is 10.0. The first-order chi connectivity index (χ1) is 8.58. The lowest BCUT2D eigenvalue weighted by molar-refractivity contribution is 0.239. The van der Waals surface area contributed by atoms with Gasteiger partial charge in [-0.05, 0) is 58.1 Å². The van der Waals surface area contributed by atoms with Crippen molar-refractivity contribution in [3.8, 4) is 0 Å². The maximum atomic E-state index is 12.9. The molecular formula is C15H25FN2. The van der Waals surface area contributed by atoms with E-state index in [1.807, 2.05) is 19.2 Å². The predicted octanol–water partition coefficient (Wildman–Crippen LogP) is 3.21. The fourth-order valence-electron chi connectivity index (χ4n) is 2.04. The van der Waals surface area contributed by atoms with E-state index < -0.39 is 0 Å². The van der Waals surface area contributed by atoms with Crippen molar-refractivity contribution < 1.29 is 4.39 Å². The molecule has 1 aromatic carbocycles. The maximum absolute atomic E-state index is 12.9. The fraction of sp³-hybridized carbons (Fsp3) is 0.600. The molecule has 0 fully saturated rings. The van der Waals surface area contributed by atoms with Crippen molar-refractivity contribution in [2.24, 2.45) is 0 Å². The van der Waals surface area contributed by atoms with E-state index in [1.165, 1.54) is 12.1 Å². The molecule has 0 heterocycles. The van der Waals surface area contributed by atoms with Gasteiger partial charge in [0.05, 0.1) is 0 Å². The highest BCUT2D eigenvalue weighted by atomic mass is 19.1. The molecule has 2 nitrogen and oxygen atoms in total. The molecule has 0 bridgehead atoms. The molecule has 0 aliphatic heterocycles. The van der Waals surface area contributed by atoms with Crippen molar-refractivity contribution in [2.75, 3.05) is 20.6 Å². The summed E-state index contributed by atoms with van der Waals surface area (Å²) in [6, 6.07) is 7.67. The van der Waals surface area contributed by atoms with Gasteiger partial charge >= 0.3 is 0 Å². The summed E-state index contributed by atoms with van der Waals surface area (Å²) in [6.07, 6.45) is 2.19. The van der Waals surface area contributed by atoms with Gasteiger partial charge in [-0.3, -0.25) is 0 Å². The van der Waals surface area contributed by atoms with Crippen molar-refractivity contribution >= 4 is 0 Å². The van der Waals surface area contributed by atoms with E-state index in [-0.39, 0.29) is 11.9 Å². The van der Waals surface area contributed by atoms with Gasteiger partial charge in [-0.1, -0.05) is 19.1 Å². The summed E-state index contributed by atoms with van der Waals surface area (Å²) < 4.78 is 12.9. The molecule has 0 aliphatic rings. The van der Waals surface area contributed by atoms with Gasteiger partial charge < -0.3 is 10.2 Å². The van der Waals surface area contributed by atoms with Crippen LogP contribution >= 0.6 is 0 Å². The van der Waals surface area contributed by atoms with Crippen LogP contribution in [0.5, 0.6) is 0 Å². The summed E-state index contributed by atoms with van der Waals surface area (Å²) in [6.45, 7) is 5.49. The molecule has 0 spiro atoms. The number of nitrogens with one attached hydrogen (secondary N) is 1. The fourth-order valence-corrected chi connectivity index (χ4v) is 2.04. The van der Waals surface area contributed by atoms with Crippen molar-refractivity contribution in [3.63, 3.8) is 0 Å². The molecule has 0 radical (unpaired) electrons. The van der Waals surface area contributed by atoms with Gasteiger partial charge in [0.15, 0.2) is 0 Å². The van der Waals surface area contributed by atoms with E-state index in [0.29, 0.717) is 6.04 Å². The summed E-state index contributed by atoms with van der Waals surface area (Å²) in [7, 11) is 4.11. The first-order valence-corrected chi connectivity index (χ1v) is 6.71. The highest BCUT2D eigenvalue weighted by Crippen LogP contribution is 2.17. The van der Waals surface area contributed by atoms with Crippen LogP contribution in [-0.4, -0.2) is 31.6 Å². The second kappa shape index (κ2) is 7.49. The highest BCUT2D eigenvalue weighted by Gasteiger charge is 2.12. The Hall–Kier alpha value is -0.930. The molecule has 18 heavy (non-hydrogen) atoms. The van der Waals surface area contributed by atoms with E-state index in [2.05, 4.69) is 31.1 Å². The van der Waals surface area contributed by atoms with E-state index in [4.69, 9.17) is 0 Å². The van der Waals surface area contributed by atoms with E-state index in [0.717, 1.165) is 24.9 Å². The molecular weight excluding hydrogens is 227 g/mol. The quantitative estimate of drug-likeness (QED) is 0.801. The zero-order chi connectivity index (χ0) is 13.5. The van der Waals surface area contributed by atoms with Crippen LogP contribution in [0.25, 0.3) is 0 Å². The minimum Gasteiger partial charge on any atom is -0.313 e. The van der Waals surface area contributed by atoms with Gasteiger partial charge in [0.2, 0.25) is 0 Å². The Labute approximate surface area is 110 Å². The van der Waals surface area contributed by atoms with Gasteiger partial charge in [-0.25, -0.2) is 4.39 Å². The first kappa shape index (κ1) is 15.1. The molecule has 3 heteroatoms. The van der Waals surface area contributed by atoms with Crippen LogP contribution in [0.3, 0.4) is 0 Å². The number of nitrogens with zero attached hydrogens (tertiary/aromatic N) is 1. The largest absolute Gasteiger partial charge is 0.313 e. The second-order valence-corrected chi connectivity index (χ2v) is 4.92. The smallest absolute Gasteiger partial charge is 0.123 e. The van der Waals surface area contributed by atoms with Crippen LogP contribution < -0.4 is 5.32 Å². The normalized spacial score (nSPS) is 14.8. The third kappa shape index (κ3) is 4.39. The number of halogens is 1. The summed E-state index contributed by atoms with van der Waals surface area (Å²) in [5.41, 5.74) is 1.15. The molecule has 0 aromatic heterocycles. The number of rotatable bonds is 7. The predicted molar refractivity (Wildman–Crippen MR) is 75.2 cm³/mol. The van der Waals surface area contributed by atoms with Crippen LogP contribution in [-0.2, 0) is 0 Å². The van der Waals surface area contributed by atoms with Gasteiger partial charge in [0.25, 0.3) is 0 Å². The summed E-state index contributed by atoms with van der Waals surface area (Å²) in [5.74, 6) is -0.176. The zero-order valence-corrected chi connectivity index (χ0v) is 11.9. The molecule has 0 saturated carbocycles. The molecule has 1 aromatic rings. The Bertz CT molecular complexity index is 337. The lowest BCUT2D eigenvalue weighted by Crippen LogP contribution is -2.31. The van der Waals surface area contributed by atoms with Gasteiger partial charge in [-0.15, -0.1) is 0 Å². The Morgan fingerprint density at radius 1 is 1.28 bits per heavy atom. The monoisotopic (exact) mass is 252 g/mol. The van der Waals surface area contributed by atoms with Gasteiger partial charge in [0, 0.05) is 12.1 Å². The molecule has 0 aliphatic carbocycles. The SMILES string of the molecule is CCC(C)N(C)CCC(NC)c1ccc(F)cc1. The van der Waals surface area contributed by atoms with Crippen LogP contribution in [0.4, 0.5) is 4.39 Å². The van der Waals surface area contributed by atoms with E-state index in [1.54, 1.807) is 0 Å². The lowest BCUT2D eigenvalue weighted by Gasteiger charge is -2.26. The minimum atomic E-state index is -0.176. The molecule has 2 atom stereocenters. The van der Waals surface area contributed by atoms with Crippen molar-refractivity contribution in [1.82, 2.24) is 10.2 Å². The van der Waals surface area contributed by atoms with Crippen molar-refractivity contribution in [3.05, 3.63) is 35.6 Å². The molecule has 1 N–H and O–H groups in total. The third-order valence-corrected chi connectivity index (χ3v) is 3.73. The summed E-state index contributed by atoms with van der Waals surface area (Å²) in [5, 5.41) is 3.30. The summed E-state index contributed by atoms with van der Waals surface area (Å²) >= 11 is 0. The molecule has 0 amide bonds. The average Bonchev–Trinajstić information content (AvgIpc) is 2.40. The molecule has 0 saturated heterocycles. The maximum Gasteiger partial charge on any atom is 0.123 e.